The second-order valence-corrected chi connectivity index (χ2v) is 3.55. The zero-order valence-corrected chi connectivity index (χ0v) is 8.67. The second kappa shape index (κ2) is 4.75. The average Bonchev–Trinajstić information content (AvgIpc) is 2.38. The van der Waals surface area contributed by atoms with Gasteiger partial charge in [0.1, 0.15) is 0 Å². The summed E-state index contributed by atoms with van der Waals surface area (Å²) in [6.45, 7) is 0. The molecule has 16 heavy (non-hydrogen) atoms. The van der Waals surface area contributed by atoms with Crippen LogP contribution in [0.1, 0.15) is 0 Å². The molecule has 0 aromatic heterocycles. The Morgan fingerprint density at radius 2 is 0.750 bits per heavy atom. The highest BCUT2D eigenvalue weighted by atomic mass is 17.0. The van der Waals surface area contributed by atoms with E-state index in [4.69, 9.17) is 10.5 Å². The second-order valence-electron chi connectivity index (χ2n) is 3.55. The van der Waals surface area contributed by atoms with Gasteiger partial charge in [-0.3, -0.25) is 10.5 Å². The maximum Gasteiger partial charge on any atom is -0.0178 e. The monoisotopic (exact) mass is 212 g/mol. The quantitative estimate of drug-likeness (QED) is 0.336. The van der Waals surface area contributed by atoms with Crippen LogP contribution in [-0.2, 0) is 0 Å². The Morgan fingerprint density at radius 3 is 1.00 bits per heavy atom. The first-order valence-electron chi connectivity index (χ1n) is 5.01. The van der Waals surface area contributed by atoms with Crippen LogP contribution < -0.4 is 0 Å². The van der Waals surface area contributed by atoms with Crippen molar-refractivity contribution < 1.29 is 10.5 Å². The Morgan fingerprint density at radius 1 is 0.500 bits per heavy atom. The molecule has 0 saturated carbocycles. The Kier molecular flexibility index (Phi) is 3.15. The molecular weight excluding hydrogens is 200 g/mol. The predicted molar refractivity (Wildman–Crippen MR) is 66.7 cm³/mol. The molecule has 0 bridgehead atoms. The van der Waals surface area contributed by atoms with Gasteiger partial charge in [0.2, 0.25) is 0 Å². The molecule has 0 amide bonds. The zero-order chi connectivity index (χ0) is 11.4. The van der Waals surface area contributed by atoms with Gasteiger partial charge in [-0.25, -0.2) is 0 Å². The van der Waals surface area contributed by atoms with Crippen LogP contribution in [-0.4, -0.2) is 10.5 Å². The van der Waals surface area contributed by atoms with Gasteiger partial charge in [0.25, 0.3) is 0 Å². The van der Waals surface area contributed by atoms with Crippen molar-refractivity contribution in [3.05, 3.63) is 60.7 Å². The highest BCUT2D eigenvalue weighted by molar-refractivity contribution is 5.97. The lowest BCUT2D eigenvalue weighted by atomic mass is 10.0. The first kappa shape index (κ1) is 10.6. The number of hydrogen-bond acceptors (Lipinski definition) is 2. The Bertz CT molecular complexity index is 497. The van der Waals surface area contributed by atoms with Gasteiger partial charge in [0, 0.05) is 0 Å². The van der Waals surface area contributed by atoms with Crippen LogP contribution in [0.2, 0.25) is 0 Å². The summed E-state index contributed by atoms with van der Waals surface area (Å²) in [5.74, 6) is 0. The maximum atomic E-state index is 6.00. The van der Waals surface area contributed by atoms with Gasteiger partial charge in [0.15, 0.2) is 0 Å². The molecule has 0 aliphatic carbocycles. The standard InChI is InChI=1S/C14H10.H2O2/c1-2-6-12-10-14-8-4-3-7-13(14)9-11(12)5-1;1-2/h1-10H;1-2H. The van der Waals surface area contributed by atoms with Gasteiger partial charge in [-0.05, 0) is 33.7 Å². The van der Waals surface area contributed by atoms with Gasteiger partial charge in [0.05, 0.1) is 0 Å². The molecule has 0 spiro atoms. The van der Waals surface area contributed by atoms with Crippen LogP contribution in [0.4, 0.5) is 0 Å². The van der Waals surface area contributed by atoms with E-state index in [9.17, 15) is 0 Å². The fourth-order valence-electron chi connectivity index (χ4n) is 1.88. The lowest BCUT2D eigenvalue weighted by molar-refractivity contribution is -0.176. The number of benzene rings is 3. The normalized spacial score (nSPS) is 9.88. The van der Waals surface area contributed by atoms with E-state index < -0.39 is 0 Å². The van der Waals surface area contributed by atoms with Gasteiger partial charge in [-0.15, -0.1) is 0 Å². The smallest absolute Gasteiger partial charge is 0.0178 e. The molecule has 0 saturated heterocycles. The molecule has 3 aromatic carbocycles. The lowest BCUT2D eigenvalue weighted by Crippen LogP contribution is -1.74. The van der Waals surface area contributed by atoms with Gasteiger partial charge in [-0.1, -0.05) is 48.5 Å². The molecule has 0 heterocycles. The zero-order valence-electron chi connectivity index (χ0n) is 8.67. The van der Waals surface area contributed by atoms with Crippen molar-refractivity contribution in [3.8, 4) is 0 Å². The summed E-state index contributed by atoms with van der Waals surface area (Å²) in [5, 5.41) is 17.2. The molecule has 2 nitrogen and oxygen atoms in total. The molecule has 0 atom stereocenters. The van der Waals surface area contributed by atoms with Crippen molar-refractivity contribution in [3.63, 3.8) is 0 Å². The van der Waals surface area contributed by atoms with Crippen molar-refractivity contribution in [1.82, 2.24) is 0 Å². The van der Waals surface area contributed by atoms with Crippen LogP contribution in [0.5, 0.6) is 0 Å². The third kappa shape index (κ3) is 1.89. The van der Waals surface area contributed by atoms with Crippen molar-refractivity contribution in [1.29, 1.82) is 0 Å². The van der Waals surface area contributed by atoms with E-state index >= 15 is 0 Å². The molecule has 0 fully saturated rings. The molecule has 0 aliphatic heterocycles. The number of hydrogen-bond donors (Lipinski definition) is 2. The van der Waals surface area contributed by atoms with E-state index in [2.05, 4.69) is 60.7 Å². The van der Waals surface area contributed by atoms with E-state index in [1.54, 1.807) is 0 Å². The van der Waals surface area contributed by atoms with E-state index in [0.717, 1.165) is 0 Å². The third-order valence-corrected chi connectivity index (χ3v) is 2.61. The van der Waals surface area contributed by atoms with E-state index in [1.807, 2.05) is 0 Å². The third-order valence-electron chi connectivity index (χ3n) is 2.61. The minimum atomic E-state index is 1.31. The van der Waals surface area contributed by atoms with Crippen LogP contribution in [0, 0.1) is 0 Å². The fourth-order valence-corrected chi connectivity index (χ4v) is 1.88. The number of rotatable bonds is 0. The largest absolute Gasteiger partial charge is 0.255 e. The predicted octanol–water partition coefficient (Wildman–Crippen LogP) is 4.01. The molecule has 3 aromatic rings. The molecule has 0 aliphatic rings. The van der Waals surface area contributed by atoms with Crippen LogP contribution in [0.15, 0.2) is 60.7 Å². The minimum absolute atomic E-state index is 1.31. The average molecular weight is 212 g/mol. The first-order valence-corrected chi connectivity index (χ1v) is 5.01. The van der Waals surface area contributed by atoms with Crippen molar-refractivity contribution in [2.45, 2.75) is 0 Å². The molecule has 0 radical (unpaired) electrons. The van der Waals surface area contributed by atoms with E-state index in [1.165, 1.54) is 21.5 Å². The van der Waals surface area contributed by atoms with Gasteiger partial charge < -0.3 is 0 Å². The molecule has 0 unspecified atom stereocenters. The molecule has 80 valence electrons. The highest BCUT2D eigenvalue weighted by Crippen LogP contribution is 2.21. The van der Waals surface area contributed by atoms with Crippen molar-refractivity contribution in [2.75, 3.05) is 0 Å². The van der Waals surface area contributed by atoms with Crippen molar-refractivity contribution in [2.24, 2.45) is 0 Å². The lowest BCUT2D eigenvalue weighted by Gasteiger charge is -2.00. The molecular formula is C14H12O2. The summed E-state index contributed by atoms with van der Waals surface area (Å²) < 4.78 is 0. The summed E-state index contributed by atoms with van der Waals surface area (Å²) in [6.07, 6.45) is 0. The summed E-state index contributed by atoms with van der Waals surface area (Å²) in [5.41, 5.74) is 0. The summed E-state index contributed by atoms with van der Waals surface area (Å²) in [4.78, 5) is 0. The SMILES string of the molecule is OO.c1ccc2cc3ccccc3cc2c1. The topological polar surface area (TPSA) is 40.5 Å². The van der Waals surface area contributed by atoms with E-state index in [-0.39, 0.29) is 0 Å². The Balaban J connectivity index is 0.000000457. The molecule has 2 N–H and O–H groups in total. The Hall–Kier alpha value is -1.90. The number of fused-ring (bicyclic) bond motifs is 2. The Labute approximate surface area is 93.3 Å². The fraction of sp³-hybridized carbons (Fsp3) is 0. The molecule has 3 rings (SSSR count). The highest BCUT2D eigenvalue weighted by Gasteiger charge is 1.95. The van der Waals surface area contributed by atoms with Crippen molar-refractivity contribution >= 4 is 21.5 Å². The minimum Gasteiger partial charge on any atom is -0.255 e. The summed E-state index contributed by atoms with van der Waals surface area (Å²) in [6, 6.07) is 21.4. The maximum absolute atomic E-state index is 6.00. The van der Waals surface area contributed by atoms with Gasteiger partial charge in [-0.2, -0.15) is 0 Å². The first-order chi connectivity index (χ1) is 7.93. The van der Waals surface area contributed by atoms with Crippen LogP contribution >= 0.6 is 0 Å². The van der Waals surface area contributed by atoms with E-state index in [0.29, 0.717) is 0 Å². The van der Waals surface area contributed by atoms with Crippen LogP contribution in [0.25, 0.3) is 21.5 Å². The van der Waals surface area contributed by atoms with Crippen LogP contribution in [0.3, 0.4) is 0 Å². The summed E-state index contributed by atoms with van der Waals surface area (Å²) in [7, 11) is 0. The summed E-state index contributed by atoms with van der Waals surface area (Å²) >= 11 is 0. The molecule has 2 heteroatoms. The van der Waals surface area contributed by atoms with Gasteiger partial charge >= 0.3 is 0 Å².